The first-order valence-electron chi connectivity index (χ1n) is 22.6. The van der Waals surface area contributed by atoms with Crippen LogP contribution in [0.1, 0.15) is 114 Å². The Balaban J connectivity index is 0.698. The van der Waals surface area contributed by atoms with Gasteiger partial charge in [-0.3, -0.25) is 0 Å². The van der Waals surface area contributed by atoms with Crippen LogP contribution in [0.25, 0.3) is 22.3 Å². The summed E-state index contributed by atoms with van der Waals surface area (Å²) in [4.78, 5) is 42.9. The fraction of sp³-hybridized carbons (Fsp3) is 0.667. The third-order valence-electron chi connectivity index (χ3n) is 13.7. The Kier molecular flexibility index (Phi) is 12.3. The maximum Gasteiger partial charge on any atom is 0.315 e. The van der Waals surface area contributed by atoms with Crippen molar-refractivity contribution in [2.75, 3.05) is 10.6 Å². The lowest BCUT2D eigenvalue weighted by Crippen LogP contribution is -2.49. The molecule has 4 aliphatic rings. The number of aryl methyl sites for hydroxylation is 2. The Morgan fingerprint density at radius 1 is 0.591 bits per heavy atom. The van der Waals surface area contributed by atoms with Crippen molar-refractivity contribution in [1.29, 1.82) is 0 Å². The number of urea groups is 1. The molecule has 4 fully saturated rings. The van der Waals surface area contributed by atoms with Gasteiger partial charge in [-0.1, -0.05) is 13.8 Å². The van der Waals surface area contributed by atoms with Crippen LogP contribution in [0.4, 0.5) is 16.4 Å². The van der Waals surface area contributed by atoms with Gasteiger partial charge in [0.15, 0.2) is 45.6 Å². The molecule has 8 atom stereocenters. The number of carbonyl (C=O) groups excluding carboxylic acids is 1. The fourth-order valence-electron chi connectivity index (χ4n) is 10.1. The normalized spacial score (nSPS) is 30.3. The van der Waals surface area contributed by atoms with E-state index in [4.69, 9.17) is 23.2 Å². The van der Waals surface area contributed by atoms with Gasteiger partial charge in [-0.15, -0.1) is 20.4 Å². The van der Waals surface area contributed by atoms with Gasteiger partial charge in [0.25, 0.3) is 0 Å². The first-order chi connectivity index (χ1) is 31.9. The van der Waals surface area contributed by atoms with E-state index in [0.717, 1.165) is 51.4 Å². The van der Waals surface area contributed by atoms with Gasteiger partial charge in [-0.25, -0.2) is 14.8 Å². The van der Waals surface area contributed by atoms with E-state index >= 15 is 0 Å². The highest BCUT2D eigenvalue weighted by atomic mass is 35.5. The number of tetrazole rings is 2. The summed E-state index contributed by atoms with van der Waals surface area (Å²) >= 11 is 12.9. The van der Waals surface area contributed by atoms with Crippen LogP contribution in [0.2, 0.25) is 10.6 Å². The molecule has 0 aliphatic heterocycles. The first kappa shape index (κ1) is 44.4. The molecule has 0 radical (unpaired) electrons. The van der Waals surface area contributed by atoms with Crippen molar-refractivity contribution in [3.8, 4) is 0 Å². The molecule has 6 heterocycles. The Hall–Kier alpha value is -5.47. The lowest BCUT2D eigenvalue weighted by molar-refractivity contribution is 0.00473. The third-order valence-corrected chi connectivity index (χ3v) is 14.1. The number of aliphatic hydroxyl groups is 4. The van der Waals surface area contributed by atoms with Crippen LogP contribution in [-0.4, -0.2) is 154 Å². The minimum Gasteiger partial charge on any atom is -0.388 e. The van der Waals surface area contributed by atoms with Gasteiger partial charge in [0.1, 0.15) is 36.5 Å². The van der Waals surface area contributed by atoms with E-state index in [1.807, 2.05) is 13.8 Å². The van der Waals surface area contributed by atoms with Gasteiger partial charge in [0.05, 0.1) is 24.7 Å². The maximum atomic E-state index is 13.2. The summed E-state index contributed by atoms with van der Waals surface area (Å²) in [5.41, 5.74) is 1.85. The van der Waals surface area contributed by atoms with Crippen molar-refractivity contribution >= 4 is 63.2 Å². The number of aliphatic hydroxyl groups excluding tert-OH is 4. The van der Waals surface area contributed by atoms with Crippen LogP contribution in [-0.2, 0) is 12.8 Å². The number of nitrogens with one attached hydrogen (secondary N) is 4. The van der Waals surface area contributed by atoms with Crippen LogP contribution < -0.4 is 21.3 Å². The van der Waals surface area contributed by atoms with Crippen LogP contribution in [0.3, 0.4) is 0 Å². The molecule has 0 bridgehead atoms. The molecule has 0 aromatic carbocycles. The summed E-state index contributed by atoms with van der Waals surface area (Å²) in [6.07, 6.45) is 6.60. The van der Waals surface area contributed by atoms with E-state index < -0.39 is 48.6 Å². The summed E-state index contributed by atoms with van der Waals surface area (Å²) < 4.78 is 3.44. The molecule has 6 aromatic heterocycles. The number of hydrogen-bond acceptors (Lipinski definition) is 19. The number of hydrogen-bond donors (Lipinski definition) is 8. The highest BCUT2D eigenvalue weighted by molar-refractivity contribution is 6.29. The molecule has 352 valence electrons. The molecule has 25 nitrogen and oxygen atoms in total. The lowest BCUT2D eigenvalue weighted by Gasteiger charge is -2.32. The second-order valence-corrected chi connectivity index (χ2v) is 18.5. The van der Waals surface area contributed by atoms with Crippen molar-refractivity contribution in [3.05, 3.63) is 34.9 Å². The van der Waals surface area contributed by atoms with Crippen LogP contribution in [0, 0.1) is 0 Å². The third kappa shape index (κ3) is 8.55. The number of imidazole rings is 2. The molecule has 10 rings (SSSR count). The molecule has 0 saturated heterocycles. The molecule has 0 spiro atoms. The predicted molar refractivity (Wildman–Crippen MR) is 235 cm³/mol. The number of halogens is 2. The summed E-state index contributed by atoms with van der Waals surface area (Å²) in [6, 6.07) is -2.38. The monoisotopic (exact) mass is 950 g/mol. The molecular formula is C39H52Cl2N20O5. The maximum absolute atomic E-state index is 13.2. The average molecular weight is 952 g/mol. The second kappa shape index (κ2) is 18.3. The molecule has 27 heteroatoms. The zero-order valence-electron chi connectivity index (χ0n) is 36.2. The summed E-state index contributed by atoms with van der Waals surface area (Å²) in [5.74, 6) is 2.06. The summed E-state index contributed by atoms with van der Waals surface area (Å²) in [5, 5.41) is 82.3. The van der Waals surface area contributed by atoms with E-state index in [2.05, 4.69) is 82.0 Å². The Morgan fingerprint density at radius 3 is 1.35 bits per heavy atom. The zero-order valence-corrected chi connectivity index (χ0v) is 37.7. The molecule has 4 saturated carbocycles. The molecule has 4 aliphatic carbocycles. The van der Waals surface area contributed by atoms with E-state index in [0.29, 0.717) is 71.3 Å². The molecule has 6 aromatic rings. The minimum absolute atomic E-state index is 0.00255. The first-order valence-corrected chi connectivity index (χ1v) is 23.4. The summed E-state index contributed by atoms with van der Waals surface area (Å²) in [6.45, 7) is 3.83. The number of anilines is 2. The van der Waals surface area contributed by atoms with Gasteiger partial charge in [0, 0.05) is 37.0 Å². The largest absolute Gasteiger partial charge is 0.388 e. The standard InChI is InChI=1S/C39H52Cl2N20O5/c1-3-25-52-56-60(54-25)23-13-21(29(62)31(23)64)58-15-42-27-33(48-37(40)50-35(27)58)44-17-5-9-19(10-6-17)46-39(66)47-20-11-7-18(8-12-20)45-34-28-36(51-38(41)49-34)59(16-43-28)22-14-24(32(65)30(22)63)61-55-26(4-2)53-57-61/h15-24,29-32,62-65H,3-14H2,1-2H3,(H,44,48,50)(H,45,49,51)(H2,46,47,66)/t17?,18?,19?,20?,21-,22-,23+,24+,29+,30+,31-,32-/m1/s1. The van der Waals surface area contributed by atoms with Crippen LogP contribution in [0.5, 0.6) is 0 Å². The van der Waals surface area contributed by atoms with Crippen molar-refractivity contribution in [2.45, 2.75) is 164 Å². The predicted octanol–water partition coefficient (Wildman–Crippen LogP) is 1.63. The average Bonchev–Trinajstić information content (AvgIpc) is 4.18. The van der Waals surface area contributed by atoms with E-state index in [1.165, 1.54) is 9.59 Å². The number of fused-ring (bicyclic) bond motifs is 2. The van der Waals surface area contributed by atoms with Gasteiger partial charge in [-0.05, 0) is 97.8 Å². The minimum atomic E-state index is -1.13. The van der Waals surface area contributed by atoms with E-state index in [-0.39, 0.29) is 40.8 Å². The van der Waals surface area contributed by atoms with Crippen LogP contribution >= 0.6 is 23.2 Å². The highest BCUT2D eigenvalue weighted by Gasteiger charge is 2.47. The SMILES string of the molecule is CCc1nnn([C@H]2C[C@@H](n3cnc4c(NC5CCC(NC(=O)NC6CCC(Nc7nc(Cl)nc8c7ncn8[C@@H]7C[C@H](n8nnc(CC)n8)[C@@H](O)[C@H]7O)CC6)CC5)nc(Cl)nc43)[C@H](O)[C@@H]2O)n1. The van der Waals surface area contributed by atoms with Gasteiger partial charge in [0.2, 0.25) is 10.6 Å². The van der Waals surface area contributed by atoms with Gasteiger partial charge >= 0.3 is 6.03 Å². The number of aromatic nitrogens is 16. The second-order valence-electron chi connectivity index (χ2n) is 17.8. The Morgan fingerprint density at radius 2 is 0.970 bits per heavy atom. The fourth-order valence-corrected chi connectivity index (χ4v) is 10.4. The smallest absolute Gasteiger partial charge is 0.315 e. The highest BCUT2D eigenvalue weighted by Crippen LogP contribution is 2.41. The van der Waals surface area contributed by atoms with Crippen LogP contribution in [0.15, 0.2) is 12.7 Å². The van der Waals surface area contributed by atoms with Gasteiger partial charge in [-0.2, -0.15) is 29.5 Å². The number of carbonyl (C=O) groups is 1. The number of nitrogens with zero attached hydrogens (tertiary/aromatic N) is 16. The van der Waals surface area contributed by atoms with Crippen molar-refractivity contribution in [2.24, 2.45) is 0 Å². The molecule has 66 heavy (non-hydrogen) atoms. The Bertz CT molecular complexity index is 2500. The van der Waals surface area contributed by atoms with Crippen molar-refractivity contribution in [1.82, 2.24) is 90.1 Å². The van der Waals surface area contributed by atoms with E-state index in [9.17, 15) is 25.2 Å². The Labute approximate surface area is 386 Å². The lowest BCUT2D eigenvalue weighted by atomic mass is 9.90. The van der Waals surface area contributed by atoms with Crippen molar-refractivity contribution in [3.63, 3.8) is 0 Å². The molecule has 8 N–H and O–H groups in total. The summed E-state index contributed by atoms with van der Waals surface area (Å²) in [7, 11) is 0. The molecule has 2 amide bonds. The zero-order chi connectivity index (χ0) is 45.8. The number of amides is 2. The molecular weight excluding hydrogens is 899 g/mol. The topological polar surface area (TPSA) is 321 Å². The van der Waals surface area contributed by atoms with Crippen molar-refractivity contribution < 1.29 is 25.2 Å². The quantitative estimate of drug-likeness (QED) is 0.0808. The molecule has 0 unspecified atom stereocenters. The van der Waals surface area contributed by atoms with Gasteiger partial charge < -0.3 is 50.8 Å². The van der Waals surface area contributed by atoms with E-state index in [1.54, 1.807) is 21.8 Å². The number of rotatable bonds is 12.